The largest absolute Gasteiger partial charge is 0.481 e. The highest BCUT2D eigenvalue weighted by molar-refractivity contribution is 6.81. The van der Waals surface area contributed by atoms with Crippen LogP contribution in [0, 0.1) is 23.7 Å². The van der Waals surface area contributed by atoms with Gasteiger partial charge in [0.2, 0.25) is 0 Å². The zero-order valence-corrected chi connectivity index (χ0v) is 21.9. The minimum Gasteiger partial charge on any atom is -0.481 e. The van der Waals surface area contributed by atoms with Crippen molar-refractivity contribution < 1.29 is 14.7 Å². The Labute approximate surface area is 196 Å². The van der Waals surface area contributed by atoms with Crippen LogP contribution in [0.1, 0.15) is 70.8 Å². The number of ketones is 1. The normalized spacial score (nSPS) is 23.8. The van der Waals surface area contributed by atoms with Gasteiger partial charge in [-0.05, 0) is 55.4 Å². The lowest BCUT2D eigenvalue weighted by Crippen LogP contribution is -2.36. The van der Waals surface area contributed by atoms with Gasteiger partial charge in [0.1, 0.15) is 5.78 Å². The van der Waals surface area contributed by atoms with E-state index in [2.05, 4.69) is 51.3 Å². The van der Waals surface area contributed by atoms with Crippen molar-refractivity contribution in [3.05, 3.63) is 47.2 Å². The van der Waals surface area contributed by atoms with Crippen LogP contribution in [-0.2, 0) is 16.0 Å². The number of hydrogen-bond acceptors (Lipinski definition) is 2. The van der Waals surface area contributed by atoms with E-state index in [1.54, 1.807) is 0 Å². The number of allylic oxidation sites excluding steroid dienone is 1. The minimum atomic E-state index is -1.53. The topological polar surface area (TPSA) is 54.4 Å². The Balaban J connectivity index is 2.15. The summed E-state index contributed by atoms with van der Waals surface area (Å²) in [5.41, 5.74) is 5.07. The summed E-state index contributed by atoms with van der Waals surface area (Å²) < 4.78 is 0. The maximum Gasteiger partial charge on any atom is 0.307 e. The highest BCUT2D eigenvalue weighted by Gasteiger charge is 2.39. The summed E-state index contributed by atoms with van der Waals surface area (Å²) in [7, 11) is -1.53. The number of hydrogen-bond donors (Lipinski definition) is 1. The standard InChI is InChI=1S/C28H44O3Si/c1-6-7-13-26(28(30)31)25-18-14-21(2)24(27(25)20-32(3,4)5)19-17-23(29)16-15-22-11-9-8-10-12-22/h8-12,20-21,24-26H,6-7,13-19H2,1-5H3,(H,30,31)/b27-20+/t21-,24+,25+,26+/m1/s1. The molecule has 0 unspecified atom stereocenters. The van der Waals surface area contributed by atoms with E-state index in [0.717, 1.165) is 44.9 Å². The van der Waals surface area contributed by atoms with Crippen molar-refractivity contribution in [1.29, 1.82) is 0 Å². The van der Waals surface area contributed by atoms with Gasteiger partial charge in [-0.15, -0.1) is 0 Å². The third-order valence-corrected chi connectivity index (χ3v) is 8.22. The van der Waals surface area contributed by atoms with E-state index in [-0.39, 0.29) is 11.8 Å². The zero-order valence-electron chi connectivity index (χ0n) is 20.9. The molecule has 1 saturated carbocycles. The average Bonchev–Trinajstić information content (AvgIpc) is 2.73. The number of carbonyl (C=O) groups excluding carboxylic acids is 1. The molecule has 0 bridgehead atoms. The molecule has 0 heterocycles. The number of aliphatic carboxylic acids is 1. The van der Waals surface area contributed by atoms with Crippen molar-refractivity contribution in [2.75, 3.05) is 0 Å². The van der Waals surface area contributed by atoms with Gasteiger partial charge < -0.3 is 5.11 Å². The van der Waals surface area contributed by atoms with Gasteiger partial charge in [-0.25, -0.2) is 0 Å². The van der Waals surface area contributed by atoms with E-state index in [4.69, 9.17) is 0 Å². The number of carboxylic acids is 1. The molecule has 1 aliphatic rings. The number of rotatable bonds is 12. The van der Waals surface area contributed by atoms with Gasteiger partial charge in [0.05, 0.1) is 14.0 Å². The summed E-state index contributed by atoms with van der Waals surface area (Å²) in [4.78, 5) is 24.9. The van der Waals surface area contributed by atoms with Crippen molar-refractivity contribution in [2.24, 2.45) is 23.7 Å². The fraction of sp³-hybridized carbons (Fsp3) is 0.643. The number of aryl methyl sites for hydroxylation is 1. The Morgan fingerprint density at radius 3 is 2.41 bits per heavy atom. The van der Waals surface area contributed by atoms with E-state index >= 15 is 0 Å². The van der Waals surface area contributed by atoms with Crippen LogP contribution in [0.25, 0.3) is 0 Å². The smallest absolute Gasteiger partial charge is 0.307 e. The molecule has 178 valence electrons. The fourth-order valence-electron chi connectivity index (χ4n) is 5.30. The number of benzene rings is 1. The van der Waals surface area contributed by atoms with Crippen LogP contribution < -0.4 is 0 Å². The molecule has 1 fully saturated rings. The number of Topliss-reactive ketones (excluding diaryl/α,β-unsaturated/α-hetero) is 1. The number of unbranched alkanes of at least 4 members (excludes halogenated alkanes) is 1. The van der Waals surface area contributed by atoms with Gasteiger partial charge >= 0.3 is 5.97 Å². The second kappa shape index (κ2) is 12.5. The first kappa shape index (κ1) is 26.6. The van der Waals surface area contributed by atoms with Crippen LogP contribution in [0.3, 0.4) is 0 Å². The second-order valence-electron chi connectivity index (χ2n) is 10.9. The van der Waals surface area contributed by atoms with Crippen LogP contribution in [0.2, 0.25) is 19.6 Å². The van der Waals surface area contributed by atoms with E-state index in [1.165, 1.54) is 11.1 Å². The summed E-state index contributed by atoms with van der Waals surface area (Å²) in [6.07, 6.45) is 7.64. The van der Waals surface area contributed by atoms with Crippen LogP contribution in [-0.4, -0.2) is 24.9 Å². The third-order valence-electron chi connectivity index (χ3n) is 7.02. The molecule has 1 N–H and O–H groups in total. The van der Waals surface area contributed by atoms with Crippen molar-refractivity contribution in [2.45, 2.75) is 91.3 Å². The lowest BCUT2D eigenvalue weighted by atomic mass is 9.65. The first-order valence-corrected chi connectivity index (χ1v) is 16.2. The molecule has 4 atom stereocenters. The molecular weight excluding hydrogens is 412 g/mol. The van der Waals surface area contributed by atoms with Gasteiger partial charge in [-0.1, -0.05) is 87.9 Å². The first-order valence-electron chi connectivity index (χ1n) is 12.6. The van der Waals surface area contributed by atoms with Crippen LogP contribution in [0.4, 0.5) is 0 Å². The summed E-state index contributed by atoms with van der Waals surface area (Å²) in [6.45, 7) is 11.4. The zero-order chi connectivity index (χ0) is 23.7. The SMILES string of the molecule is CCCC[C@H](C(=O)O)[C@@H]1CC[C@@H](C)[C@H](CCC(=O)CCc2ccccc2)/C1=C\[Si](C)(C)C. The average molecular weight is 457 g/mol. The molecule has 0 aliphatic heterocycles. The molecule has 4 heteroatoms. The van der Waals surface area contributed by atoms with Crippen molar-refractivity contribution >= 4 is 19.8 Å². The summed E-state index contributed by atoms with van der Waals surface area (Å²) in [5, 5.41) is 10.0. The summed E-state index contributed by atoms with van der Waals surface area (Å²) in [5.74, 6) is 0.377. The maximum atomic E-state index is 12.7. The molecule has 0 spiro atoms. The number of carboxylic acid groups (broad SMARTS) is 1. The second-order valence-corrected chi connectivity index (χ2v) is 15.9. The van der Waals surface area contributed by atoms with Gasteiger partial charge in [-0.2, -0.15) is 0 Å². The Morgan fingerprint density at radius 1 is 1.12 bits per heavy atom. The molecule has 0 aromatic heterocycles. The Kier molecular flexibility index (Phi) is 10.4. The molecule has 32 heavy (non-hydrogen) atoms. The fourth-order valence-corrected chi connectivity index (χ4v) is 6.73. The Morgan fingerprint density at radius 2 is 1.81 bits per heavy atom. The molecule has 0 radical (unpaired) electrons. The molecule has 0 saturated heterocycles. The minimum absolute atomic E-state index is 0.131. The first-order chi connectivity index (χ1) is 15.1. The van der Waals surface area contributed by atoms with E-state index in [9.17, 15) is 14.7 Å². The predicted molar refractivity (Wildman–Crippen MR) is 136 cm³/mol. The van der Waals surface area contributed by atoms with Crippen LogP contribution >= 0.6 is 0 Å². The van der Waals surface area contributed by atoms with Gasteiger partial charge in [-0.3, -0.25) is 9.59 Å². The third kappa shape index (κ3) is 8.35. The highest BCUT2D eigenvalue weighted by Crippen LogP contribution is 2.46. The van der Waals surface area contributed by atoms with Crippen LogP contribution in [0.15, 0.2) is 41.6 Å². The Bertz CT molecular complexity index is 763. The lowest BCUT2D eigenvalue weighted by Gasteiger charge is -2.41. The molecule has 0 amide bonds. The maximum absolute atomic E-state index is 12.7. The van der Waals surface area contributed by atoms with Gasteiger partial charge in [0.15, 0.2) is 0 Å². The van der Waals surface area contributed by atoms with Gasteiger partial charge in [0, 0.05) is 12.8 Å². The molecule has 3 nitrogen and oxygen atoms in total. The molecule has 1 aromatic rings. The molecular formula is C28H44O3Si. The van der Waals surface area contributed by atoms with Crippen molar-refractivity contribution in [3.8, 4) is 0 Å². The Hall–Kier alpha value is -1.68. The molecule has 1 aliphatic carbocycles. The van der Waals surface area contributed by atoms with E-state index in [0.29, 0.717) is 30.5 Å². The highest BCUT2D eigenvalue weighted by atomic mass is 28.3. The monoisotopic (exact) mass is 456 g/mol. The van der Waals surface area contributed by atoms with Crippen molar-refractivity contribution in [1.82, 2.24) is 0 Å². The summed E-state index contributed by atoms with van der Waals surface area (Å²) in [6, 6.07) is 10.2. The number of carbonyl (C=O) groups is 2. The van der Waals surface area contributed by atoms with E-state index < -0.39 is 14.0 Å². The molecule has 2 rings (SSSR count). The van der Waals surface area contributed by atoms with Crippen LogP contribution in [0.5, 0.6) is 0 Å². The predicted octanol–water partition coefficient (Wildman–Crippen LogP) is 7.33. The van der Waals surface area contributed by atoms with Gasteiger partial charge in [0.25, 0.3) is 0 Å². The lowest BCUT2D eigenvalue weighted by molar-refractivity contribution is -0.144. The summed E-state index contributed by atoms with van der Waals surface area (Å²) >= 11 is 0. The van der Waals surface area contributed by atoms with Crippen molar-refractivity contribution in [3.63, 3.8) is 0 Å². The molecule has 1 aromatic carbocycles. The quantitative estimate of drug-likeness (QED) is 0.335. The van der Waals surface area contributed by atoms with E-state index in [1.807, 2.05) is 18.2 Å².